The number of halogens is 3. The Hall–Kier alpha value is -2.80. The zero-order valence-corrected chi connectivity index (χ0v) is 16.0. The summed E-state index contributed by atoms with van der Waals surface area (Å²) >= 11 is 0. The SMILES string of the molecule is CC(O)CNC(=O)C1CCC1.Fc1ccc(-c2cc3cc(F)cc(F)c3[nH]2)cc1. The highest BCUT2D eigenvalue weighted by atomic mass is 19.1. The van der Waals surface area contributed by atoms with Gasteiger partial charge in [0.1, 0.15) is 17.5 Å². The van der Waals surface area contributed by atoms with Gasteiger partial charge >= 0.3 is 0 Å². The van der Waals surface area contributed by atoms with Crippen molar-refractivity contribution in [3.05, 3.63) is 59.9 Å². The van der Waals surface area contributed by atoms with Crippen molar-refractivity contribution in [3.63, 3.8) is 0 Å². The number of hydrogen-bond acceptors (Lipinski definition) is 2. The van der Waals surface area contributed by atoms with Crippen LogP contribution in [0.3, 0.4) is 0 Å². The molecule has 1 aromatic heterocycles. The lowest BCUT2D eigenvalue weighted by Gasteiger charge is -2.24. The number of benzene rings is 2. The van der Waals surface area contributed by atoms with E-state index in [0.29, 0.717) is 23.2 Å². The standard InChI is InChI=1S/C14H8F3N.C8H15NO2/c15-10-3-1-8(2-4-10)13-6-9-5-11(16)7-12(17)14(9)18-13;1-6(10)5-9-8(11)7-3-2-4-7/h1-7,18H;6-7,10H,2-5H2,1H3,(H,9,11). The van der Waals surface area contributed by atoms with E-state index >= 15 is 0 Å². The number of aromatic nitrogens is 1. The number of aromatic amines is 1. The van der Waals surface area contributed by atoms with Crippen molar-refractivity contribution >= 4 is 16.8 Å². The second kappa shape index (κ2) is 9.13. The minimum atomic E-state index is -0.640. The van der Waals surface area contributed by atoms with Crippen LogP contribution in [0.1, 0.15) is 26.2 Å². The highest BCUT2D eigenvalue weighted by Crippen LogP contribution is 2.27. The molecule has 7 heteroatoms. The van der Waals surface area contributed by atoms with E-state index in [1.165, 1.54) is 24.6 Å². The largest absolute Gasteiger partial charge is 0.392 e. The minimum absolute atomic E-state index is 0.108. The lowest BCUT2D eigenvalue weighted by atomic mass is 9.85. The van der Waals surface area contributed by atoms with Crippen molar-refractivity contribution in [3.8, 4) is 11.3 Å². The summed E-state index contributed by atoms with van der Waals surface area (Å²) in [6.07, 6.45) is 2.78. The van der Waals surface area contributed by atoms with Gasteiger partial charge in [-0.05, 0) is 61.7 Å². The molecule has 1 unspecified atom stereocenters. The minimum Gasteiger partial charge on any atom is -0.392 e. The summed E-state index contributed by atoms with van der Waals surface area (Å²) in [5.41, 5.74) is 1.58. The van der Waals surface area contributed by atoms with E-state index in [0.717, 1.165) is 18.9 Å². The molecule has 0 saturated heterocycles. The van der Waals surface area contributed by atoms with Gasteiger partial charge in [0, 0.05) is 29.6 Å². The fourth-order valence-corrected chi connectivity index (χ4v) is 3.01. The molecule has 0 aliphatic heterocycles. The van der Waals surface area contributed by atoms with E-state index in [1.54, 1.807) is 25.1 Å². The fourth-order valence-electron chi connectivity index (χ4n) is 3.01. The Balaban J connectivity index is 0.000000188. The van der Waals surface area contributed by atoms with Crippen molar-refractivity contribution in [2.24, 2.45) is 5.92 Å². The first kappa shape index (κ1) is 20.9. The number of carbonyl (C=O) groups is 1. The molecule has 1 fully saturated rings. The van der Waals surface area contributed by atoms with Crippen LogP contribution in [0, 0.1) is 23.4 Å². The van der Waals surface area contributed by atoms with Crippen molar-refractivity contribution < 1.29 is 23.1 Å². The van der Waals surface area contributed by atoms with Crippen molar-refractivity contribution in [1.82, 2.24) is 10.3 Å². The molecule has 29 heavy (non-hydrogen) atoms. The molecule has 1 aliphatic rings. The molecule has 3 N–H and O–H groups in total. The van der Waals surface area contributed by atoms with Gasteiger partial charge in [-0.15, -0.1) is 0 Å². The first-order valence-corrected chi connectivity index (χ1v) is 9.53. The Kier molecular flexibility index (Phi) is 6.59. The zero-order chi connectivity index (χ0) is 21.0. The Labute approximate surface area is 166 Å². The lowest BCUT2D eigenvalue weighted by Crippen LogP contribution is -2.37. The summed E-state index contributed by atoms with van der Waals surface area (Å²) in [7, 11) is 0. The van der Waals surface area contributed by atoms with E-state index < -0.39 is 17.7 Å². The number of hydrogen-bond donors (Lipinski definition) is 3. The van der Waals surface area contributed by atoms with Crippen molar-refractivity contribution in [2.75, 3.05) is 6.54 Å². The van der Waals surface area contributed by atoms with Crippen LogP contribution in [0.5, 0.6) is 0 Å². The summed E-state index contributed by atoms with van der Waals surface area (Å²) in [6.45, 7) is 2.05. The van der Waals surface area contributed by atoms with Gasteiger partial charge in [-0.25, -0.2) is 13.2 Å². The summed E-state index contributed by atoms with van der Waals surface area (Å²) in [6, 6.07) is 9.50. The third-order valence-electron chi connectivity index (χ3n) is 4.85. The maximum absolute atomic E-state index is 13.5. The van der Waals surface area contributed by atoms with Crippen LogP contribution in [-0.2, 0) is 4.79 Å². The maximum atomic E-state index is 13.5. The van der Waals surface area contributed by atoms with Crippen LogP contribution in [0.15, 0.2) is 42.5 Å². The second-order valence-electron chi connectivity index (χ2n) is 7.26. The van der Waals surface area contributed by atoms with Crippen LogP contribution in [0.4, 0.5) is 13.2 Å². The molecular formula is C22H23F3N2O2. The quantitative estimate of drug-likeness (QED) is 0.598. The number of nitrogens with one attached hydrogen (secondary N) is 2. The molecule has 154 valence electrons. The molecule has 0 radical (unpaired) electrons. The molecule has 1 amide bonds. The lowest BCUT2D eigenvalue weighted by molar-refractivity contribution is -0.127. The maximum Gasteiger partial charge on any atom is 0.223 e. The van der Waals surface area contributed by atoms with Crippen LogP contribution in [0.2, 0.25) is 0 Å². The third kappa shape index (κ3) is 5.38. The highest BCUT2D eigenvalue weighted by molar-refractivity contribution is 5.86. The number of rotatable bonds is 4. The average Bonchev–Trinajstić information content (AvgIpc) is 3.04. The van der Waals surface area contributed by atoms with E-state index in [9.17, 15) is 18.0 Å². The summed E-state index contributed by atoms with van der Waals surface area (Å²) in [4.78, 5) is 14.0. The predicted molar refractivity (Wildman–Crippen MR) is 106 cm³/mol. The average molecular weight is 404 g/mol. The number of H-pyrrole nitrogens is 1. The third-order valence-corrected chi connectivity index (χ3v) is 4.85. The van der Waals surface area contributed by atoms with Crippen molar-refractivity contribution in [2.45, 2.75) is 32.3 Å². The van der Waals surface area contributed by atoms with Crippen molar-refractivity contribution in [1.29, 1.82) is 0 Å². The zero-order valence-electron chi connectivity index (χ0n) is 16.0. The van der Waals surface area contributed by atoms with Gasteiger partial charge in [0.2, 0.25) is 5.91 Å². The number of aliphatic hydroxyl groups is 1. The van der Waals surface area contributed by atoms with Gasteiger partial charge in [0.15, 0.2) is 0 Å². The Morgan fingerprint density at radius 3 is 2.41 bits per heavy atom. The molecule has 1 heterocycles. The predicted octanol–water partition coefficient (Wildman–Crippen LogP) is 4.54. The molecular weight excluding hydrogens is 381 g/mol. The highest BCUT2D eigenvalue weighted by Gasteiger charge is 2.24. The molecule has 0 bridgehead atoms. The molecule has 3 aromatic rings. The van der Waals surface area contributed by atoms with Gasteiger partial charge in [0.05, 0.1) is 11.6 Å². The molecule has 4 rings (SSSR count). The molecule has 4 nitrogen and oxygen atoms in total. The molecule has 1 saturated carbocycles. The van der Waals surface area contributed by atoms with Crippen LogP contribution in [-0.4, -0.2) is 28.6 Å². The van der Waals surface area contributed by atoms with Gasteiger partial charge < -0.3 is 15.4 Å². The fraction of sp³-hybridized carbons (Fsp3) is 0.318. The van der Waals surface area contributed by atoms with Gasteiger partial charge in [-0.2, -0.15) is 0 Å². The van der Waals surface area contributed by atoms with Gasteiger partial charge in [-0.1, -0.05) is 6.42 Å². The van der Waals surface area contributed by atoms with E-state index in [4.69, 9.17) is 5.11 Å². The number of carbonyl (C=O) groups excluding carboxylic acids is 1. The first-order valence-electron chi connectivity index (χ1n) is 9.53. The first-order chi connectivity index (χ1) is 13.8. The molecule has 0 spiro atoms. The molecule has 1 aliphatic carbocycles. The Bertz CT molecular complexity index is 980. The number of fused-ring (bicyclic) bond motifs is 1. The summed E-state index contributed by atoms with van der Waals surface area (Å²) < 4.78 is 39.4. The van der Waals surface area contributed by atoms with E-state index in [1.807, 2.05) is 0 Å². The van der Waals surface area contributed by atoms with Gasteiger partial charge in [0.25, 0.3) is 0 Å². The topological polar surface area (TPSA) is 65.1 Å². The smallest absolute Gasteiger partial charge is 0.223 e. The number of aliphatic hydroxyl groups excluding tert-OH is 1. The summed E-state index contributed by atoms with van der Waals surface area (Å²) in [5, 5.41) is 12.0. The second-order valence-corrected chi connectivity index (χ2v) is 7.26. The van der Waals surface area contributed by atoms with Crippen LogP contribution in [0.25, 0.3) is 22.2 Å². The van der Waals surface area contributed by atoms with Crippen LogP contribution >= 0.6 is 0 Å². The molecule has 1 atom stereocenters. The van der Waals surface area contributed by atoms with E-state index in [2.05, 4.69) is 10.3 Å². The number of amides is 1. The monoisotopic (exact) mass is 404 g/mol. The Morgan fingerprint density at radius 2 is 1.83 bits per heavy atom. The van der Waals surface area contributed by atoms with Gasteiger partial charge in [-0.3, -0.25) is 4.79 Å². The normalized spacial score (nSPS) is 14.7. The summed E-state index contributed by atoms with van der Waals surface area (Å²) in [5.74, 6) is -1.26. The molecule has 2 aromatic carbocycles. The van der Waals surface area contributed by atoms with Crippen LogP contribution < -0.4 is 5.32 Å². The Morgan fingerprint density at radius 1 is 1.14 bits per heavy atom. The van der Waals surface area contributed by atoms with E-state index in [-0.39, 0.29) is 23.2 Å².